The molecule has 14 heteroatoms. The summed E-state index contributed by atoms with van der Waals surface area (Å²) in [6, 6.07) is 3.02. The summed E-state index contributed by atoms with van der Waals surface area (Å²) in [7, 11) is 0. The number of ether oxygens (including phenoxy) is 2. The van der Waals surface area contributed by atoms with E-state index in [-0.39, 0.29) is 45.2 Å². The predicted molar refractivity (Wildman–Crippen MR) is 164 cm³/mol. The van der Waals surface area contributed by atoms with Gasteiger partial charge in [-0.05, 0) is 69.3 Å². The minimum Gasteiger partial charge on any atom is -0.461 e. The van der Waals surface area contributed by atoms with Crippen LogP contribution >= 0.6 is 0 Å². The van der Waals surface area contributed by atoms with E-state index in [9.17, 15) is 13.2 Å². The smallest absolute Gasteiger partial charge is 0.417 e. The van der Waals surface area contributed by atoms with Crippen LogP contribution < -0.4 is 9.64 Å². The van der Waals surface area contributed by atoms with Gasteiger partial charge in [-0.3, -0.25) is 10.00 Å². The Balaban J connectivity index is 1.39. The van der Waals surface area contributed by atoms with E-state index in [0.717, 1.165) is 38.8 Å². The molecule has 3 saturated heterocycles. The van der Waals surface area contributed by atoms with Gasteiger partial charge in [-0.25, -0.2) is 8.91 Å². The van der Waals surface area contributed by atoms with Crippen LogP contribution in [0.15, 0.2) is 24.5 Å². The van der Waals surface area contributed by atoms with E-state index in [1.54, 1.807) is 6.07 Å². The Bertz CT molecular complexity index is 1960. The largest absolute Gasteiger partial charge is 0.461 e. The third-order valence-electron chi connectivity index (χ3n) is 9.88. The molecule has 46 heavy (non-hydrogen) atoms. The lowest BCUT2D eigenvalue weighted by Gasteiger charge is -2.31. The van der Waals surface area contributed by atoms with Gasteiger partial charge in [0, 0.05) is 24.0 Å². The summed E-state index contributed by atoms with van der Waals surface area (Å²) < 4.78 is 74.9. The highest BCUT2D eigenvalue weighted by Gasteiger charge is 2.45. The number of halogens is 4. The maximum Gasteiger partial charge on any atom is 0.417 e. The number of nitrogens with zero attached hydrogens (tertiary/aromatic N) is 7. The summed E-state index contributed by atoms with van der Waals surface area (Å²) in [6.07, 6.45) is 2.10. The van der Waals surface area contributed by atoms with Crippen LogP contribution in [0, 0.1) is 18.7 Å². The molecule has 3 fully saturated rings. The molecule has 0 bridgehead atoms. The molecule has 10 nitrogen and oxygen atoms in total. The summed E-state index contributed by atoms with van der Waals surface area (Å²) in [5, 5.41) is 11.6. The van der Waals surface area contributed by atoms with Crippen LogP contribution in [0.4, 0.5) is 23.4 Å². The zero-order valence-corrected chi connectivity index (χ0v) is 25.6. The van der Waals surface area contributed by atoms with Gasteiger partial charge in [0.1, 0.15) is 23.6 Å². The Morgan fingerprint density at radius 1 is 1.15 bits per heavy atom. The second-order valence-corrected chi connectivity index (χ2v) is 12.9. The number of aromatic nitrogens is 6. The Morgan fingerprint density at radius 2 is 1.96 bits per heavy atom. The van der Waals surface area contributed by atoms with Crippen LogP contribution in [0.3, 0.4) is 0 Å². The number of anilines is 1. The van der Waals surface area contributed by atoms with Gasteiger partial charge in [-0.1, -0.05) is 6.92 Å². The van der Waals surface area contributed by atoms with Gasteiger partial charge < -0.3 is 14.4 Å². The zero-order chi connectivity index (χ0) is 31.8. The van der Waals surface area contributed by atoms with Crippen LogP contribution in [-0.2, 0) is 10.9 Å². The van der Waals surface area contributed by atoms with Crippen LogP contribution in [0.2, 0.25) is 0 Å². The number of fused-ring (bicyclic) bond motifs is 5. The van der Waals surface area contributed by atoms with Crippen molar-refractivity contribution in [1.82, 2.24) is 34.7 Å². The molecule has 0 spiro atoms. The molecule has 1 atom stereocenters. The standard InChI is InChI=1S/C32H34F4N8O2/c1-18-15-42(11-12-45-16-18)29-24-22-5-8-38-44(22)28(23-20-14-37-41-21(20)13-19(2)25(23)32(34,35)36)26(33)27(24)39-30(40-29)46-17-31-6-3-9-43(31)10-4-7-31/h5,8,13-14,18H,3-4,6-7,9-12,15-17H2,1-2H3,(H,37,41). The fourth-order valence-corrected chi connectivity index (χ4v) is 7.88. The highest BCUT2D eigenvalue weighted by Crippen LogP contribution is 2.46. The molecule has 3 aliphatic heterocycles. The summed E-state index contributed by atoms with van der Waals surface area (Å²) >= 11 is 0. The van der Waals surface area contributed by atoms with Crippen molar-refractivity contribution in [3.63, 3.8) is 0 Å². The van der Waals surface area contributed by atoms with Crippen molar-refractivity contribution in [3.05, 3.63) is 41.5 Å². The van der Waals surface area contributed by atoms with Crippen molar-refractivity contribution in [2.75, 3.05) is 50.9 Å². The summed E-state index contributed by atoms with van der Waals surface area (Å²) in [5.41, 5.74) is -1.23. The lowest BCUT2D eigenvalue weighted by Crippen LogP contribution is -2.43. The van der Waals surface area contributed by atoms with E-state index in [1.807, 2.05) is 4.90 Å². The van der Waals surface area contributed by atoms with Crippen LogP contribution in [0.5, 0.6) is 6.01 Å². The highest BCUT2D eigenvalue weighted by atomic mass is 19.4. The van der Waals surface area contributed by atoms with Gasteiger partial charge in [0.2, 0.25) is 0 Å². The molecular weight excluding hydrogens is 604 g/mol. The molecular formula is C32H34F4N8O2. The second-order valence-electron chi connectivity index (χ2n) is 12.9. The van der Waals surface area contributed by atoms with Crippen LogP contribution in [0.25, 0.3) is 38.6 Å². The van der Waals surface area contributed by atoms with E-state index in [0.29, 0.717) is 55.1 Å². The van der Waals surface area contributed by atoms with E-state index in [2.05, 4.69) is 32.1 Å². The van der Waals surface area contributed by atoms with E-state index < -0.39 is 17.6 Å². The van der Waals surface area contributed by atoms with E-state index in [4.69, 9.17) is 14.5 Å². The van der Waals surface area contributed by atoms with Gasteiger partial charge in [-0.15, -0.1) is 0 Å². The van der Waals surface area contributed by atoms with Gasteiger partial charge in [0.25, 0.3) is 0 Å². The molecule has 3 aliphatic rings. The fourth-order valence-electron chi connectivity index (χ4n) is 7.88. The molecule has 0 amide bonds. The monoisotopic (exact) mass is 638 g/mol. The number of H-pyrrole nitrogens is 1. The first-order chi connectivity index (χ1) is 22.1. The minimum absolute atomic E-state index is 0.00379. The van der Waals surface area contributed by atoms with Gasteiger partial charge in [-0.2, -0.15) is 33.3 Å². The van der Waals surface area contributed by atoms with Crippen molar-refractivity contribution < 1.29 is 27.0 Å². The third kappa shape index (κ3) is 4.59. The molecule has 8 rings (SSSR count). The number of alkyl halides is 3. The van der Waals surface area contributed by atoms with Crippen molar-refractivity contribution in [2.24, 2.45) is 5.92 Å². The lowest BCUT2D eigenvalue weighted by molar-refractivity contribution is -0.137. The summed E-state index contributed by atoms with van der Waals surface area (Å²) in [5.74, 6) is -0.351. The molecule has 1 aromatic carbocycles. The molecule has 242 valence electrons. The van der Waals surface area contributed by atoms with Gasteiger partial charge in [0.05, 0.1) is 53.1 Å². The normalized spacial score (nSPS) is 20.7. The average Bonchev–Trinajstić information content (AvgIpc) is 3.79. The quantitative estimate of drug-likeness (QED) is 0.243. The fraction of sp³-hybridized carbons (Fsp3) is 0.500. The highest BCUT2D eigenvalue weighted by molar-refractivity contribution is 6.06. The van der Waals surface area contributed by atoms with Crippen LogP contribution in [-0.4, -0.2) is 86.2 Å². The number of aryl methyl sites for hydroxylation is 1. The van der Waals surface area contributed by atoms with Gasteiger partial charge >= 0.3 is 12.2 Å². The molecule has 1 unspecified atom stereocenters. The second kappa shape index (κ2) is 10.8. The first kappa shape index (κ1) is 29.4. The number of pyridine rings is 1. The maximum absolute atomic E-state index is 17.3. The molecule has 0 saturated carbocycles. The van der Waals surface area contributed by atoms with Crippen molar-refractivity contribution in [2.45, 2.75) is 51.2 Å². The molecule has 1 N–H and O–H groups in total. The number of nitrogens with one attached hydrogen (secondary N) is 1. The van der Waals surface area contributed by atoms with Crippen LogP contribution in [0.1, 0.15) is 43.7 Å². The molecule has 0 aliphatic carbocycles. The number of benzene rings is 1. The summed E-state index contributed by atoms with van der Waals surface area (Å²) in [6.45, 7) is 7.87. The minimum atomic E-state index is -4.78. The molecule has 7 heterocycles. The molecule has 4 aromatic heterocycles. The Kier molecular flexibility index (Phi) is 6.87. The average molecular weight is 639 g/mol. The first-order valence-electron chi connectivity index (χ1n) is 15.8. The summed E-state index contributed by atoms with van der Waals surface area (Å²) in [4.78, 5) is 14.0. The van der Waals surface area contributed by atoms with E-state index >= 15 is 4.39 Å². The number of aromatic amines is 1. The van der Waals surface area contributed by atoms with E-state index in [1.165, 1.54) is 29.9 Å². The van der Waals surface area contributed by atoms with Gasteiger partial charge in [0.15, 0.2) is 5.82 Å². The molecule has 0 radical (unpaired) electrons. The first-order valence-corrected chi connectivity index (χ1v) is 15.8. The van der Waals surface area contributed by atoms with Crippen molar-refractivity contribution in [3.8, 4) is 17.3 Å². The Labute approximate surface area is 261 Å². The predicted octanol–water partition coefficient (Wildman–Crippen LogP) is 5.77. The Morgan fingerprint density at radius 3 is 2.74 bits per heavy atom. The third-order valence-corrected chi connectivity index (χ3v) is 9.88. The topological polar surface area (TPSA) is 96.7 Å². The number of hydrogen-bond donors (Lipinski definition) is 1. The number of hydrogen-bond acceptors (Lipinski definition) is 8. The SMILES string of the molecule is Cc1cc2[nH]ncc2c(-c2c(F)c3nc(OCC45CCCN4CCC5)nc(N4CCOCC(C)C4)c3c3ccnn23)c1C(F)(F)F. The lowest BCUT2D eigenvalue weighted by atomic mass is 9.94. The van der Waals surface area contributed by atoms with Crippen molar-refractivity contribution >= 4 is 33.1 Å². The molecule has 5 aromatic rings. The maximum atomic E-state index is 17.3. The number of rotatable bonds is 5. The zero-order valence-electron chi connectivity index (χ0n) is 25.6. The Hall–Kier alpha value is -4.04. The van der Waals surface area contributed by atoms with Crippen molar-refractivity contribution in [1.29, 1.82) is 0 Å².